The standard InChI is InChI=1S/C17H26FNO2/c1-12-4-3-5-16(8-12)21-11-15(20)10-19-14-7-6-13(2)17(18)9-14/h6-7,9,12,15-16,19-20H,3-5,8,10-11H2,1-2H3. The lowest BCUT2D eigenvalue weighted by molar-refractivity contribution is -0.0274. The number of nitrogens with one attached hydrogen (secondary N) is 1. The molecule has 0 aromatic heterocycles. The molecule has 2 rings (SSSR count). The Morgan fingerprint density at radius 3 is 2.95 bits per heavy atom. The van der Waals surface area contributed by atoms with Gasteiger partial charge in [-0.1, -0.05) is 25.8 Å². The topological polar surface area (TPSA) is 41.5 Å². The van der Waals surface area contributed by atoms with Crippen LogP contribution in [0.25, 0.3) is 0 Å². The van der Waals surface area contributed by atoms with Gasteiger partial charge in [-0.3, -0.25) is 0 Å². The third-order valence-electron chi connectivity index (χ3n) is 4.13. The lowest BCUT2D eigenvalue weighted by Gasteiger charge is -2.27. The molecule has 0 saturated heterocycles. The van der Waals surface area contributed by atoms with Gasteiger partial charge in [0.05, 0.1) is 18.8 Å². The number of rotatable bonds is 6. The Bertz CT molecular complexity index is 452. The number of anilines is 1. The summed E-state index contributed by atoms with van der Waals surface area (Å²) in [4.78, 5) is 0. The van der Waals surface area contributed by atoms with Crippen LogP contribution in [0.15, 0.2) is 18.2 Å². The van der Waals surface area contributed by atoms with Gasteiger partial charge in [0.1, 0.15) is 5.82 Å². The Morgan fingerprint density at radius 1 is 1.43 bits per heavy atom. The van der Waals surface area contributed by atoms with E-state index in [1.807, 2.05) is 6.07 Å². The van der Waals surface area contributed by atoms with Crippen molar-refractivity contribution >= 4 is 5.69 Å². The highest BCUT2D eigenvalue weighted by Crippen LogP contribution is 2.25. The second-order valence-corrected chi connectivity index (χ2v) is 6.23. The molecule has 1 aromatic rings. The van der Waals surface area contributed by atoms with E-state index in [4.69, 9.17) is 4.74 Å². The Morgan fingerprint density at radius 2 is 2.24 bits per heavy atom. The maximum atomic E-state index is 13.4. The van der Waals surface area contributed by atoms with E-state index in [1.54, 1.807) is 13.0 Å². The fourth-order valence-corrected chi connectivity index (χ4v) is 2.77. The molecule has 1 saturated carbocycles. The van der Waals surface area contributed by atoms with Gasteiger partial charge in [-0.2, -0.15) is 0 Å². The van der Waals surface area contributed by atoms with Crippen LogP contribution in [-0.2, 0) is 4.74 Å². The molecule has 0 radical (unpaired) electrons. The van der Waals surface area contributed by atoms with E-state index in [1.165, 1.54) is 18.9 Å². The molecule has 3 unspecified atom stereocenters. The molecule has 0 aliphatic heterocycles. The van der Waals surface area contributed by atoms with Gasteiger partial charge in [-0.05, 0) is 43.4 Å². The first kappa shape index (κ1) is 16.2. The van der Waals surface area contributed by atoms with Crippen LogP contribution in [0.2, 0.25) is 0 Å². The summed E-state index contributed by atoms with van der Waals surface area (Å²) >= 11 is 0. The molecule has 118 valence electrons. The molecule has 3 nitrogen and oxygen atoms in total. The summed E-state index contributed by atoms with van der Waals surface area (Å²) in [5.74, 6) is 0.483. The van der Waals surface area contributed by atoms with Gasteiger partial charge in [-0.25, -0.2) is 4.39 Å². The Hall–Kier alpha value is -1.13. The lowest BCUT2D eigenvalue weighted by Crippen LogP contribution is -2.30. The maximum absolute atomic E-state index is 13.4. The molecule has 2 N–H and O–H groups in total. The number of benzene rings is 1. The monoisotopic (exact) mass is 295 g/mol. The van der Waals surface area contributed by atoms with E-state index in [9.17, 15) is 9.50 Å². The van der Waals surface area contributed by atoms with Gasteiger partial charge in [-0.15, -0.1) is 0 Å². The number of ether oxygens (including phenoxy) is 1. The zero-order valence-electron chi connectivity index (χ0n) is 12.9. The highest BCUT2D eigenvalue weighted by molar-refractivity contribution is 5.45. The molecule has 0 amide bonds. The molecule has 1 aliphatic rings. The van der Waals surface area contributed by atoms with Crippen molar-refractivity contribution in [2.24, 2.45) is 5.92 Å². The van der Waals surface area contributed by atoms with Gasteiger partial charge in [0.15, 0.2) is 0 Å². The molecule has 0 heterocycles. The van der Waals surface area contributed by atoms with E-state index in [2.05, 4.69) is 12.2 Å². The Balaban J connectivity index is 1.69. The van der Waals surface area contributed by atoms with Crippen molar-refractivity contribution in [2.75, 3.05) is 18.5 Å². The minimum Gasteiger partial charge on any atom is -0.389 e. The number of halogens is 1. The predicted molar refractivity (Wildman–Crippen MR) is 83.0 cm³/mol. The zero-order valence-corrected chi connectivity index (χ0v) is 12.9. The summed E-state index contributed by atoms with van der Waals surface area (Å²) in [5, 5.41) is 13.0. The molecular weight excluding hydrogens is 269 g/mol. The highest BCUT2D eigenvalue weighted by atomic mass is 19.1. The molecule has 4 heteroatoms. The van der Waals surface area contributed by atoms with Crippen molar-refractivity contribution in [1.29, 1.82) is 0 Å². The third-order valence-corrected chi connectivity index (χ3v) is 4.13. The van der Waals surface area contributed by atoms with Crippen molar-refractivity contribution in [3.05, 3.63) is 29.6 Å². The number of aliphatic hydroxyl groups excluding tert-OH is 1. The predicted octanol–water partition coefficient (Wildman–Crippen LogP) is 3.50. The number of aryl methyl sites for hydroxylation is 1. The second-order valence-electron chi connectivity index (χ2n) is 6.23. The maximum Gasteiger partial charge on any atom is 0.128 e. The summed E-state index contributed by atoms with van der Waals surface area (Å²) in [6.07, 6.45) is 4.37. The average molecular weight is 295 g/mol. The third kappa shape index (κ3) is 5.29. The van der Waals surface area contributed by atoms with Crippen LogP contribution in [0.5, 0.6) is 0 Å². The van der Waals surface area contributed by atoms with E-state index >= 15 is 0 Å². The summed E-state index contributed by atoms with van der Waals surface area (Å²) in [7, 11) is 0. The number of aliphatic hydroxyl groups is 1. The smallest absolute Gasteiger partial charge is 0.128 e. The van der Waals surface area contributed by atoms with Crippen LogP contribution in [-0.4, -0.2) is 30.5 Å². The molecule has 1 aliphatic carbocycles. The van der Waals surface area contributed by atoms with Gasteiger partial charge >= 0.3 is 0 Å². The average Bonchev–Trinajstić information content (AvgIpc) is 2.46. The number of hydrogen-bond donors (Lipinski definition) is 2. The fraction of sp³-hybridized carbons (Fsp3) is 0.647. The molecule has 1 fully saturated rings. The van der Waals surface area contributed by atoms with Crippen LogP contribution in [0.3, 0.4) is 0 Å². The van der Waals surface area contributed by atoms with Crippen LogP contribution in [0.4, 0.5) is 10.1 Å². The Kier molecular flexibility index (Phi) is 6.00. The van der Waals surface area contributed by atoms with Gasteiger partial charge in [0.25, 0.3) is 0 Å². The highest BCUT2D eigenvalue weighted by Gasteiger charge is 2.20. The molecule has 3 atom stereocenters. The first-order valence-electron chi connectivity index (χ1n) is 7.84. The molecule has 1 aromatic carbocycles. The van der Waals surface area contributed by atoms with Gasteiger partial charge < -0.3 is 15.2 Å². The quantitative estimate of drug-likeness (QED) is 0.844. The van der Waals surface area contributed by atoms with Crippen molar-refractivity contribution in [2.45, 2.75) is 51.7 Å². The minimum absolute atomic E-state index is 0.234. The second kappa shape index (κ2) is 7.76. The molecule has 0 bridgehead atoms. The Labute approximate surface area is 126 Å². The summed E-state index contributed by atoms with van der Waals surface area (Å²) in [5.41, 5.74) is 1.30. The van der Waals surface area contributed by atoms with Crippen LogP contribution in [0, 0.1) is 18.7 Å². The van der Waals surface area contributed by atoms with Gasteiger partial charge in [0.2, 0.25) is 0 Å². The van der Waals surface area contributed by atoms with Crippen molar-refractivity contribution < 1.29 is 14.2 Å². The van der Waals surface area contributed by atoms with Gasteiger partial charge in [0, 0.05) is 12.2 Å². The summed E-state index contributed by atoms with van der Waals surface area (Å²) < 4.78 is 19.2. The largest absolute Gasteiger partial charge is 0.389 e. The number of hydrogen-bond acceptors (Lipinski definition) is 3. The lowest BCUT2D eigenvalue weighted by atomic mass is 9.89. The van der Waals surface area contributed by atoms with Crippen molar-refractivity contribution in [3.63, 3.8) is 0 Å². The SMILES string of the molecule is Cc1ccc(NCC(O)COC2CCCC(C)C2)cc1F. The molecule has 21 heavy (non-hydrogen) atoms. The minimum atomic E-state index is -0.577. The van der Waals surface area contributed by atoms with Crippen molar-refractivity contribution in [3.8, 4) is 0 Å². The van der Waals surface area contributed by atoms with Crippen LogP contribution in [0.1, 0.15) is 38.2 Å². The zero-order chi connectivity index (χ0) is 15.2. The fourth-order valence-electron chi connectivity index (χ4n) is 2.77. The summed E-state index contributed by atoms with van der Waals surface area (Å²) in [6, 6.07) is 4.99. The van der Waals surface area contributed by atoms with E-state index in [0.717, 1.165) is 18.8 Å². The van der Waals surface area contributed by atoms with E-state index in [-0.39, 0.29) is 11.9 Å². The first-order valence-corrected chi connectivity index (χ1v) is 7.84. The first-order chi connectivity index (χ1) is 10.0. The summed E-state index contributed by atoms with van der Waals surface area (Å²) in [6.45, 7) is 4.68. The van der Waals surface area contributed by atoms with Crippen molar-refractivity contribution in [1.82, 2.24) is 0 Å². The normalized spacial score (nSPS) is 23.8. The molecular formula is C17H26FNO2. The van der Waals surface area contributed by atoms with E-state index in [0.29, 0.717) is 24.4 Å². The van der Waals surface area contributed by atoms with E-state index < -0.39 is 6.10 Å². The molecule has 0 spiro atoms. The van der Waals surface area contributed by atoms with Crippen LogP contribution < -0.4 is 5.32 Å². The van der Waals surface area contributed by atoms with Crippen LogP contribution >= 0.6 is 0 Å².